The summed E-state index contributed by atoms with van der Waals surface area (Å²) in [6, 6.07) is 16.8. The van der Waals surface area contributed by atoms with E-state index in [0.717, 1.165) is 33.4 Å². The van der Waals surface area contributed by atoms with Crippen molar-refractivity contribution in [1.29, 1.82) is 0 Å². The zero-order chi connectivity index (χ0) is 26.0. The molecule has 4 rings (SSSR count). The van der Waals surface area contributed by atoms with Crippen LogP contribution in [0.5, 0.6) is 11.6 Å². The number of hydrogen-bond donors (Lipinski definition) is 2. The highest BCUT2D eigenvalue weighted by molar-refractivity contribution is 6.39. The van der Waals surface area contributed by atoms with Crippen LogP contribution in [0.25, 0.3) is 33.6 Å². The highest BCUT2D eigenvalue weighted by atomic mass is 35.5. The maximum Gasteiger partial charge on any atom is 0.218 e. The van der Waals surface area contributed by atoms with Crippen LogP contribution in [0.3, 0.4) is 0 Å². The highest BCUT2D eigenvalue weighted by Crippen LogP contribution is 2.42. The van der Waals surface area contributed by atoms with E-state index in [1.54, 1.807) is 20.4 Å². The molecule has 186 valence electrons. The maximum absolute atomic E-state index is 6.93. The van der Waals surface area contributed by atoms with E-state index in [4.69, 9.17) is 44.1 Å². The number of hydrogen-bond acceptors (Lipinski definition) is 6. The van der Waals surface area contributed by atoms with Crippen molar-refractivity contribution in [3.63, 3.8) is 0 Å². The van der Waals surface area contributed by atoms with Crippen molar-refractivity contribution in [2.24, 2.45) is 11.5 Å². The van der Waals surface area contributed by atoms with Gasteiger partial charge in [0.05, 0.1) is 35.7 Å². The summed E-state index contributed by atoms with van der Waals surface area (Å²) in [5.41, 5.74) is 18.2. The Labute approximate surface area is 221 Å². The van der Waals surface area contributed by atoms with E-state index >= 15 is 0 Å². The van der Waals surface area contributed by atoms with Crippen molar-refractivity contribution >= 4 is 23.2 Å². The molecule has 4 aromatic rings. The summed E-state index contributed by atoms with van der Waals surface area (Å²) in [5.74, 6) is 1.15. The van der Waals surface area contributed by atoms with Crippen molar-refractivity contribution in [2.45, 2.75) is 25.9 Å². The second kappa shape index (κ2) is 10.8. The van der Waals surface area contributed by atoms with Crippen molar-refractivity contribution < 1.29 is 9.47 Å². The van der Waals surface area contributed by atoms with Gasteiger partial charge < -0.3 is 20.9 Å². The van der Waals surface area contributed by atoms with E-state index in [2.05, 4.69) is 9.97 Å². The molecule has 0 saturated carbocycles. The molecule has 0 amide bonds. The predicted molar refractivity (Wildman–Crippen MR) is 147 cm³/mol. The van der Waals surface area contributed by atoms with Crippen molar-refractivity contribution in [3.05, 3.63) is 82.0 Å². The van der Waals surface area contributed by atoms with Crippen LogP contribution in [0, 0.1) is 0 Å². The average molecular weight is 523 g/mol. The molecule has 4 N–H and O–H groups in total. The topological polar surface area (TPSA) is 96.3 Å². The van der Waals surface area contributed by atoms with Crippen LogP contribution >= 0.6 is 23.2 Å². The van der Waals surface area contributed by atoms with E-state index in [0.29, 0.717) is 33.1 Å². The Balaban J connectivity index is 1.81. The molecule has 0 spiro atoms. The van der Waals surface area contributed by atoms with E-state index in [-0.39, 0.29) is 12.1 Å². The molecule has 0 fully saturated rings. The summed E-state index contributed by atoms with van der Waals surface area (Å²) in [6.45, 7) is 3.79. The third-order valence-electron chi connectivity index (χ3n) is 6.03. The molecule has 0 radical (unpaired) electrons. The van der Waals surface area contributed by atoms with Gasteiger partial charge in [-0.25, -0.2) is 4.98 Å². The molecule has 2 aromatic heterocycles. The molecule has 2 aromatic carbocycles. The first kappa shape index (κ1) is 25.9. The fraction of sp³-hybridized carbons (Fsp3) is 0.214. The minimum atomic E-state index is -0.210. The highest BCUT2D eigenvalue weighted by Gasteiger charge is 2.19. The van der Waals surface area contributed by atoms with Crippen LogP contribution in [0.2, 0.25) is 10.0 Å². The number of methoxy groups -OCH3 is 2. The first-order chi connectivity index (χ1) is 17.3. The first-order valence-electron chi connectivity index (χ1n) is 11.4. The second-order valence-electron chi connectivity index (χ2n) is 8.52. The maximum atomic E-state index is 6.93. The molecule has 2 atom stereocenters. The van der Waals surface area contributed by atoms with E-state index in [1.807, 2.05) is 68.4 Å². The molecular weight excluding hydrogens is 495 g/mol. The number of benzene rings is 2. The second-order valence-corrected chi connectivity index (χ2v) is 9.27. The van der Waals surface area contributed by atoms with E-state index in [1.165, 1.54) is 0 Å². The number of ether oxygens (including phenoxy) is 2. The van der Waals surface area contributed by atoms with Gasteiger partial charge in [0.1, 0.15) is 5.75 Å². The SMILES string of the molecule is COc1cc(-c2nccc(-c3cccc(-c4ccc([C@H](C)N)c(OC)n4)c3Cl)c2Cl)ccc1[C@@H](C)N. The largest absolute Gasteiger partial charge is 0.496 e. The van der Waals surface area contributed by atoms with E-state index in [9.17, 15) is 0 Å². The Morgan fingerprint density at radius 2 is 1.44 bits per heavy atom. The van der Waals surface area contributed by atoms with Crippen molar-refractivity contribution in [1.82, 2.24) is 9.97 Å². The van der Waals surface area contributed by atoms with Gasteiger partial charge in [-0.1, -0.05) is 53.5 Å². The molecule has 0 aliphatic rings. The number of rotatable bonds is 7. The quantitative estimate of drug-likeness (QED) is 0.275. The summed E-state index contributed by atoms with van der Waals surface area (Å²) in [6.07, 6.45) is 1.71. The molecule has 2 heterocycles. The third-order valence-corrected chi connectivity index (χ3v) is 6.81. The van der Waals surface area contributed by atoms with Gasteiger partial charge in [-0.05, 0) is 38.1 Å². The smallest absolute Gasteiger partial charge is 0.218 e. The van der Waals surface area contributed by atoms with Crippen LogP contribution < -0.4 is 20.9 Å². The van der Waals surface area contributed by atoms with Crippen LogP contribution in [0.15, 0.2) is 60.8 Å². The molecule has 0 aliphatic carbocycles. The Bertz CT molecular complexity index is 1300. The molecule has 6 nitrogen and oxygen atoms in total. The summed E-state index contributed by atoms with van der Waals surface area (Å²) >= 11 is 13.8. The van der Waals surface area contributed by atoms with Gasteiger partial charge in [-0.3, -0.25) is 4.98 Å². The average Bonchev–Trinajstić information content (AvgIpc) is 2.88. The van der Waals surface area contributed by atoms with Crippen LogP contribution in [0.4, 0.5) is 0 Å². The first-order valence-corrected chi connectivity index (χ1v) is 12.2. The molecular formula is C28H28Cl2N4O2. The van der Waals surface area contributed by atoms with Crippen LogP contribution in [-0.2, 0) is 0 Å². The van der Waals surface area contributed by atoms with Gasteiger partial charge in [0, 0.05) is 51.7 Å². The predicted octanol–water partition coefficient (Wildman–Crippen LogP) is 6.84. The molecule has 36 heavy (non-hydrogen) atoms. The zero-order valence-electron chi connectivity index (χ0n) is 20.5. The fourth-order valence-electron chi connectivity index (χ4n) is 4.14. The lowest BCUT2D eigenvalue weighted by atomic mass is 9.98. The van der Waals surface area contributed by atoms with Crippen LogP contribution in [-0.4, -0.2) is 24.2 Å². The van der Waals surface area contributed by atoms with Gasteiger partial charge in [0.2, 0.25) is 5.88 Å². The van der Waals surface area contributed by atoms with Crippen LogP contribution in [0.1, 0.15) is 37.1 Å². The van der Waals surface area contributed by atoms with Gasteiger partial charge in [0.25, 0.3) is 0 Å². The number of halogens is 2. The lowest BCUT2D eigenvalue weighted by Crippen LogP contribution is -2.08. The number of pyridine rings is 2. The molecule has 0 unspecified atom stereocenters. The molecule has 8 heteroatoms. The fourth-order valence-corrected chi connectivity index (χ4v) is 4.78. The van der Waals surface area contributed by atoms with Gasteiger partial charge in [-0.2, -0.15) is 0 Å². The number of nitrogens with zero attached hydrogens (tertiary/aromatic N) is 2. The van der Waals surface area contributed by atoms with Crippen molar-refractivity contribution in [3.8, 4) is 45.3 Å². The summed E-state index contributed by atoms with van der Waals surface area (Å²) in [7, 11) is 3.19. The lowest BCUT2D eigenvalue weighted by molar-refractivity contribution is 0.390. The lowest BCUT2D eigenvalue weighted by Gasteiger charge is -2.16. The minimum absolute atomic E-state index is 0.167. The molecule has 0 bridgehead atoms. The van der Waals surface area contributed by atoms with Gasteiger partial charge in [-0.15, -0.1) is 0 Å². The zero-order valence-corrected chi connectivity index (χ0v) is 22.1. The Morgan fingerprint density at radius 3 is 2.11 bits per heavy atom. The number of aromatic nitrogens is 2. The number of nitrogens with two attached hydrogens (primary N) is 2. The minimum Gasteiger partial charge on any atom is -0.496 e. The third kappa shape index (κ3) is 4.90. The molecule has 0 saturated heterocycles. The Morgan fingerprint density at radius 1 is 0.778 bits per heavy atom. The van der Waals surface area contributed by atoms with Gasteiger partial charge >= 0.3 is 0 Å². The Kier molecular flexibility index (Phi) is 7.81. The van der Waals surface area contributed by atoms with E-state index < -0.39 is 0 Å². The molecule has 0 aliphatic heterocycles. The summed E-state index contributed by atoms with van der Waals surface area (Å²) < 4.78 is 11.0. The Hall–Kier alpha value is -3.16. The summed E-state index contributed by atoms with van der Waals surface area (Å²) in [4.78, 5) is 9.19. The monoisotopic (exact) mass is 522 g/mol. The van der Waals surface area contributed by atoms with Crippen molar-refractivity contribution in [2.75, 3.05) is 14.2 Å². The standard InChI is InChI=1S/C28H28Cl2N4O2/c1-15(31)18-9-8-17(14-24(18)35-3)27-26(30)21(12-13-33-27)20-6-5-7-22(25(20)29)23-11-10-19(16(2)32)28(34-23)36-4/h5-16H,31-32H2,1-4H3/t15-,16+/m1/s1. The summed E-state index contributed by atoms with van der Waals surface area (Å²) in [5, 5.41) is 0.995. The van der Waals surface area contributed by atoms with Gasteiger partial charge in [0.15, 0.2) is 0 Å². The normalized spacial score (nSPS) is 12.8.